The molecule has 1 aliphatic heterocycles. The van der Waals surface area contributed by atoms with Crippen molar-refractivity contribution in [2.75, 3.05) is 13.2 Å². The lowest BCUT2D eigenvalue weighted by molar-refractivity contribution is 0.183. The normalized spacial score (nSPS) is 19.7. The Morgan fingerprint density at radius 1 is 1.50 bits per heavy atom. The number of hydrogen-bond donors (Lipinski definition) is 1. The Bertz CT molecular complexity index is 613. The van der Waals surface area contributed by atoms with Gasteiger partial charge in [-0.15, -0.1) is 0 Å². The topological polar surface area (TPSA) is 29.9 Å². The predicted octanol–water partition coefficient (Wildman–Crippen LogP) is 3.26. The van der Waals surface area contributed by atoms with E-state index in [0.29, 0.717) is 10.7 Å². The maximum Gasteiger partial charge on any atom is 0.178 e. The summed E-state index contributed by atoms with van der Waals surface area (Å²) in [5.41, 5.74) is 1.74. The summed E-state index contributed by atoms with van der Waals surface area (Å²) in [5, 5.41) is 0. The first-order chi connectivity index (χ1) is 8.74. The number of halogens is 1. The molecule has 0 spiro atoms. The van der Waals surface area contributed by atoms with Gasteiger partial charge in [-0.1, -0.05) is 0 Å². The van der Waals surface area contributed by atoms with Crippen LogP contribution >= 0.6 is 12.2 Å². The van der Waals surface area contributed by atoms with Gasteiger partial charge in [0.1, 0.15) is 5.82 Å². The van der Waals surface area contributed by atoms with Gasteiger partial charge in [-0.25, -0.2) is 4.39 Å². The Labute approximate surface area is 110 Å². The number of aromatic amines is 1. The first kappa shape index (κ1) is 11.9. The van der Waals surface area contributed by atoms with Gasteiger partial charge in [0.05, 0.1) is 11.0 Å². The third-order valence-corrected chi connectivity index (χ3v) is 3.84. The Hall–Kier alpha value is -1.20. The fourth-order valence-electron chi connectivity index (χ4n) is 2.47. The summed E-state index contributed by atoms with van der Waals surface area (Å²) < 4.78 is 21.3. The number of benzene rings is 1. The molecule has 2 aromatic rings. The fraction of sp³-hybridized carbons (Fsp3) is 0.462. The number of fused-ring (bicyclic) bond motifs is 1. The molecule has 1 N–H and O–H groups in total. The van der Waals surface area contributed by atoms with E-state index < -0.39 is 0 Å². The molecule has 1 aliphatic rings. The second-order valence-electron chi connectivity index (χ2n) is 4.76. The highest BCUT2D eigenvalue weighted by atomic mass is 32.1. The van der Waals surface area contributed by atoms with Crippen LogP contribution in [0.5, 0.6) is 0 Å². The van der Waals surface area contributed by atoms with Crippen LogP contribution in [0.25, 0.3) is 11.0 Å². The van der Waals surface area contributed by atoms with E-state index in [1.165, 1.54) is 12.1 Å². The monoisotopic (exact) mass is 266 g/mol. The van der Waals surface area contributed by atoms with E-state index in [9.17, 15) is 4.39 Å². The molecule has 5 heteroatoms. The van der Waals surface area contributed by atoms with Gasteiger partial charge >= 0.3 is 0 Å². The third-order valence-electron chi connectivity index (χ3n) is 3.52. The Morgan fingerprint density at radius 2 is 2.39 bits per heavy atom. The number of nitrogens with one attached hydrogen (secondary N) is 1. The molecule has 1 saturated heterocycles. The zero-order chi connectivity index (χ0) is 12.5. The molecule has 1 aromatic carbocycles. The Balaban J connectivity index is 1.87. The second-order valence-corrected chi connectivity index (χ2v) is 5.15. The number of imidazole rings is 1. The summed E-state index contributed by atoms with van der Waals surface area (Å²) in [5.74, 6) is 0.375. The summed E-state index contributed by atoms with van der Waals surface area (Å²) >= 11 is 5.29. The highest BCUT2D eigenvalue weighted by molar-refractivity contribution is 7.71. The van der Waals surface area contributed by atoms with Crippen LogP contribution in [0.2, 0.25) is 0 Å². The molecule has 0 amide bonds. The van der Waals surface area contributed by atoms with Crippen molar-refractivity contribution in [3.8, 4) is 0 Å². The lowest BCUT2D eigenvalue weighted by atomic mass is 10.1. The molecule has 96 valence electrons. The van der Waals surface area contributed by atoms with Crippen molar-refractivity contribution in [2.45, 2.75) is 19.4 Å². The van der Waals surface area contributed by atoms with Crippen molar-refractivity contribution < 1.29 is 9.13 Å². The van der Waals surface area contributed by atoms with Gasteiger partial charge in [0.15, 0.2) is 4.77 Å². The highest BCUT2D eigenvalue weighted by Crippen LogP contribution is 2.20. The van der Waals surface area contributed by atoms with Gasteiger partial charge in [-0.2, -0.15) is 0 Å². The molecule has 2 heterocycles. The molecule has 1 unspecified atom stereocenters. The van der Waals surface area contributed by atoms with Crippen LogP contribution in [0.3, 0.4) is 0 Å². The summed E-state index contributed by atoms with van der Waals surface area (Å²) in [6.07, 6.45) is 2.14. The largest absolute Gasteiger partial charge is 0.381 e. The van der Waals surface area contributed by atoms with Crippen LogP contribution in [0.1, 0.15) is 12.8 Å². The van der Waals surface area contributed by atoms with Crippen molar-refractivity contribution >= 4 is 23.3 Å². The fourth-order valence-corrected chi connectivity index (χ4v) is 2.77. The van der Waals surface area contributed by atoms with Gasteiger partial charge in [-0.05, 0) is 49.2 Å². The average Bonchev–Trinajstić information content (AvgIpc) is 2.94. The molecule has 0 saturated carbocycles. The molecule has 1 atom stereocenters. The van der Waals surface area contributed by atoms with Crippen molar-refractivity contribution in [1.82, 2.24) is 9.55 Å². The van der Waals surface area contributed by atoms with E-state index in [-0.39, 0.29) is 5.82 Å². The maximum absolute atomic E-state index is 13.3. The van der Waals surface area contributed by atoms with E-state index in [4.69, 9.17) is 17.0 Å². The second kappa shape index (κ2) is 4.82. The standard InChI is InChI=1S/C13H15FN2OS/c14-10-1-2-11-12(7-10)16(13(18)15-11)5-3-9-4-6-17-8-9/h1-2,7,9H,3-6,8H2,(H,15,18). The molecule has 0 aliphatic carbocycles. The van der Waals surface area contributed by atoms with E-state index in [1.54, 1.807) is 6.07 Å². The number of aryl methyl sites for hydroxylation is 1. The smallest absolute Gasteiger partial charge is 0.178 e. The zero-order valence-electron chi connectivity index (χ0n) is 9.99. The summed E-state index contributed by atoms with van der Waals surface area (Å²) in [6.45, 7) is 2.51. The van der Waals surface area contributed by atoms with Crippen LogP contribution in [0, 0.1) is 16.5 Å². The van der Waals surface area contributed by atoms with E-state index in [0.717, 1.165) is 43.6 Å². The molecule has 18 heavy (non-hydrogen) atoms. The summed E-state index contributed by atoms with van der Waals surface area (Å²) in [6, 6.07) is 4.71. The minimum atomic E-state index is -0.227. The van der Waals surface area contributed by atoms with Crippen LogP contribution in [0.4, 0.5) is 4.39 Å². The van der Waals surface area contributed by atoms with Crippen molar-refractivity contribution in [3.05, 3.63) is 28.8 Å². The first-order valence-corrected chi connectivity index (χ1v) is 6.60. The zero-order valence-corrected chi connectivity index (χ0v) is 10.8. The van der Waals surface area contributed by atoms with Gasteiger partial charge in [0.25, 0.3) is 0 Å². The minimum absolute atomic E-state index is 0.227. The van der Waals surface area contributed by atoms with Gasteiger partial charge in [-0.3, -0.25) is 0 Å². The highest BCUT2D eigenvalue weighted by Gasteiger charge is 2.16. The number of aromatic nitrogens is 2. The summed E-state index contributed by atoms with van der Waals surface area (Å²) in [7, 11) is 0. The molecule has 0 radical (unpaired) electrons. The van der Waals surface area contributed by atoms with E-state index in [1.807, 2.05) is 4.57 Å². The van der Waals surface area contributed by atoms with Crippen molar-refractivity contribution in [2.24, 2.45) is 5.92 Å². The number of nitrogens with zero attached hydrogens (tertiary/aromatic N) is 1. The van der Waals surface area contributed by atoms with Gasteiger partial charge < -0.3 is 14.3 Å². The molecular formula is C13H15FN2OS. The Morgan fingerprint density at radius 3 is 3.17 bits per heavy atom. The molecule has 1 aromatic heterocycles. The predicted molar refractivity (Wildman–Crippen MR) is 70.6 cm³/mol. The lowest BCUT2D eigenvalue weighted by Gasteiger charge is -2.08. The van der Waals surface area contributed by atoms with Crippen molar-refractivity contribution in [1.29, 1.82) is 0 Å². The Kier molecular flexibility index (Phi) is 3.18. The van der Waals surface area contributed by atoms with E-state index in [2.05, 4.69) is 4.98 Å². The van der Waals surface area contributed by atoms with Gasteiger partial charge in [0, 0.05) is 19.8 Å². The van der Waals surface area contributed by atoms with Crippen LogP contribution < -0.4 is 0 Å². The van der Waals surface area contributed by atoms with Crippen LogP contribution in [-0.4, -0.2) is 22.8 Å². The number of hydrogen-bond acceptors (Lipinski definition) is 2. The third kappa shape index (κ3) is 2.20. The average molecular weight is 266 g/mol. The van der Waals surface area contributed by atoms with Crippen LogP contribution in [-0.2, 0) is 11.3 Å². The summed E-state index contributed by atoms with van der Waals surface area (Å²) in [4.78, 5) is 3.11. The minimum Gasteiger partial charge on any atom is -0.381 e. The first-order valence-electron chi connectivity index (χ1n) is 6.20. The molecule has 3 nitrogen and oxygen atoms in total. The number of ether oxygens (including phenoxy) is 1. The number of rotatable bonds is 3. The van der Waals surface area contributed by atoms with Crippen molar-refractivity contribution in [3.63, 3.8) is 0 Å². The molecule has 1 fully saturated rings. The van der Waals surface area contributed by atoms with E-state index >= 15 is 0 Å². The quantitative estimate of drug-likeness (QED) is 0.864. The lowest BCUT2D eigenvalue weighted by Crippen LogP contribution is -2.06. The maximum atomic E-state index is 13.3. The molecular weight excluding hydrogens is 251 g/mol. The van der Waals surface area contributed by atoms with Crippen LogP contribution in [0.15, 0.2) is 18.2 Å². The number of H-pyrrole nitrogens is 1. The molecule has 3 rings (SSSR count). The SMILES string of the molecule is Fc1ccc2[nH]c(=S)n(CCC3CCOC3)c2c1. The van der Waals surface area contributed by atoms with Gasteiger partial charge in [0.2, 0.25) is 0 Å². The molecule has 0 bridgehead atoms.